The summed E-state index contributed by atoms with van der Waals surface area (Å²) in [6, 6.07) is 36.1. The van der Waals surface area contributed by atoms with E-state index in [9.17, 15) is 10.1 Å². The molecule has 0 amide bonds. The quantitative estimate of drug-likeness (QED) is 0.234. The number of benzene rings is 4. The van der Waals surface area contributed by atoms with Crippen LogP contribution < -0.4 is 20.7 Å². The van der Waals surface area contributed by atoms with E-state index in [1.54, 1.807) is 19.2 Å². The Bertz CT molecular complexity index is 1070. The van der Waals surface area contributed by atoms with E-state index in [1.807, 2.05) is 60.7 Å². The molecule has 0 bridgehead atoms. The molecule has 0 radical (unpaired) electrons. The van der Waals surface area contributed by atoms with Crippen LogP contribution >= 0.6 is 7.26 Å². The van der Waals surface area contributed by atoms with Crippen LogP contribution in [0.1, 0.15) is 5.56 Å². The number of nitro benzene ring substituents is 1. The van der Waals surface area contributed by atoms with Gasteiger partial charge in [0.15, 0.2) is 0 Å². The molecule has 4 aromatic rings. The maximum Gasteiger partial charge on any atom is 0.276 e. The van der Waals surface area contributed by atoms with Gasteiger partial charge in [0.2, 0.25) is 0 Å². The van der Waals surface area contributed by atoms with E-state index in [-0.39, 0.29) is 10.6 Å². The minimum atomic E-state index is -2.23. The minimum Gasteiger partial charge on any atom is -0.497 e. The molecule has 0 saturated heterocycles. The molecular weight excluding hydrogens is 405 g/mol. The number of nitrogens with zero attached hydrogens (tertiary/aromatic N) is 1. The molecule has 5 heteroatoms. The molecule has 0 aliphatic carbocycles. The van der Waals surface area contributed by atoms with Crippen molar-refractivity contribution < 1.29 is 9.66 Å². The minimum absolute atomic E-state index is 0.118. The van der Waals surface area contributed by atoms with Gasteiger partial charge in [0.1, 0.15) is 35.1 Å². The van der Waals surface area contributed by atoms with Crippen molar-refractivity contribution in [1.29, 1.82) is 0 Å². The number of hydrogen-bond acceptors (Lipinski definition) is 3. The molecule has 0 N–H and O–H groups in total. The van der Waals surface area contributed by atoms with Crippen molar-refractivity contribution in [3.8, 4) is 5.75 Å². The van der Waals surface area contributed by atoms with Crippen molar-refractivity contribution in [2.75, 3.05) is 7.11 Å². The molecule has 0 heterocycles. The lowest BCUT2D eigenvalue weighted by Gasteiger charge is -2.27. The molecular formula is C26H23NO3P+. The Hall–Kier alpha value is -3.49. The Kier molecular flexibility index (Phi) is 6.11. The van der Waals surface area contributed by atoms with Gasteiger partial charge in [-0.3, -0.25) is 10.1 Å². The Morgan fingerprint density at radius 2 is 1.19 bits per heavy atom. The number of ether oxygens (including phenoxy) is 1. The van der Waals surface area contributed by atoms with Gasteiger partial charge in [-0.2, -0.15) is 0 Å². The molecule has 0 unspecified atom stereocenters. The summed E-state index contributed by atoms with van der Waals surface area (Å²) in [6.45, 7) is 0. The van der Waals surface area contributed by atoms with Gasteiger partial charge < -0.3 is 4.74 Å². The predicted octanol–water partition coefficient (Wildman–Crippen LogP) is 5.10. The van der Waals surface area contributed by atoms with Crippen LogP contribution in [0.2, 0.25) is 0 Å². The second kappa shape index (κ2) is 9.11. The van der Waals surface area contributed by atoms with Crippen LogP contribution in [0.3, 0.4) is 0 Å². The number of methoxy groups -OCH3 is 1. The molecule has 0 atom stereocenters. The van der Waals surface area contributed by atoms with Crippen molar-refractivity contribution in [1.82, 2.24) is 0 Å². The fourth-order valence-corrected chi connectivity index (χ4v) is 8.27. The number of rotatable bonds is 7. The monoisotopic (exact) mass is 428 g/mol. The molecule has 31 heavy (non-hydrogen) atoms. The van der Waals surface area contributed by atoms with E-state index in [0.29, 0.717) is 17.5 Å². The summed E-state index contributed by atoms with van der Waals surface area (Å²) >= 11 is 0. The Morgan fingerprint density at radius 1 is 0.742 bits per heavy atom. The molecule has 0 aliphatic heterocycles. The molecule has 0 fully saturated rings. The van der Waals surface area contributed by atoms with Gasteiger partial charge in [0.25, 0.3) is 5.69 Å². The lowest BCUT2D eigenvalue weighted by atomic mass is 10.2. The summed E-state index contributed by atoms with van der Waals surface area (Å²) in [7, 11) is -0.650. The van der Waals surface area contributed by atoms with E-state index >= 15 is 0 Å². The third-order valence-corrected chi connectivity index (χ3v) is 9.84. The molecule has 4 nitrogen and oxygen atoms in total. The van der Waals surface area contributed by atoms with Crippen LogP contribution in [0.15, 0.2) is 109 Å². The van der Waals surface area contributed by atoms with Crippen LogP contribution in [0.4, 0.5) is 5.69 Å². The molecule has 0 aliphatic rings. The van der Waals surface area contributed by atoms with E-state index in [2.05, 4.69) is 36.4 Å². The van der Waals surface area contributed by atoms with Crippen molar-refractivity contribution in [3.05, 3.63) is 125 Å². The molecule has 0 spiro atoms. The highest BCUT2D eigenvalue weighted by Gasteiger charge is 2.46. The summed E-state index contributed by atoms with van der Waals surface area (Å²) in [5.41, 5.74) is 0.794. The average molecular weight is 428 g/mol. The molecule has 0 aromatic heterocycles. The molecule has 0 saturated carbocycles. The van der Waals surface area contributed by atoms with Gasteiger partial charge in [-0.05, 0) is 48.5 Å². The first-order valence-electron chi connectivity index (χ1n) is 10.0. The third kappa shape index (κ3) is 4.08. The topological polar surface area (TPSA) is 52.4 Å². The van der Waals surface area contributed by atoms with Crippen molar-refractivity contribution in [2.24, 2.45) is 0 Å². The molecule has 4 aromatic carbocycles. The average Bonchev–Trinajstić information content (AvgIpc) is 2.84. The van der Waals surface area contributed by atoms with Crippen molar-refractivity contribution in [2.45, 2.75) is 6.16 Å². The van der Waals surface area contributed by atoms with E-state index < -0.39 is 7.26 Å². The first-order valence-corrected chi connectivity index (χ1v) is 12.0. The highest BCUT2D eigenvalue weighted by atomic mass is 31.2. The van der Waals surface area contributed by atoms with Crippen LogP contribution in [0.25, 0.3) is 0 Å². The SMILES string of the molecule is COc1ccc([N+](=O)[O-])c(C[P+](c2ccccc2)(c2ccccc2)c2ccccc2)c1. The molecule has 4 rings (SSSR count). The van der Waals surface area contributed by atoms with Crippen LogP contribution in [-0.2, 0) is 6.16 Å². The molecule has 154 valence electrons. The van der Waals surface area contributed by atoms with Gasteiger partial charge in [-0.25, -0.2) is 0 Å². The van der Waals surface area contributed by atoms with E-state index in [1.165, 1.54) is 15.9 Å². The second-order valence-electron chi connectivity index (χ2n) is 7.23. The largest absolute Gasteiger partial charge is 0.497 e. The zero-order valence-corrected chi connectivity index (χ0v) is 18.1. The summed E-state index contributed by atoms with van der Waals surface area (Å²) in [6.07, 6.45) is 0.526. The summed E-state index contributed by atoms with van der Waals surface area (Å²) < 4.78 is 5.41. The van der Waals surface area contributed by atoms with Gasteiger partial charge in [0, 0.05) is 6.07 Å². The first kappa shape index (κ1) is 20.8. The highest BCUT2D eigenvalue weighted by Crippen LogP contribution is 2.59. The fraction of sp³-hybridized carbons (Fsp3) is 0.0769. The van der Waals surface area contributed by atoms with Crippen molar-refractivity contribution >= 4 is 28.9 Å². The third-order valence-electron chi connectivity index (χ3n) is 5.48. The lowest BCUT2D eigenvalue weighted by Crippen LogP contribution is -2.32. The predicted molar refractivity (Wildman–Crippen MR) is 129 cm³/mol. The zero-order valence-electron chi connectivity index (χ0n) is 17.2. The summed E-state index contributed by atoms with van der Waals surface area (Å²) in [5, 5.41) is 15.4. The first-order chi connectivity index (χ1) is 15.1. The lowest BCUT2D eigenvalue weighted by molar-refractivity contribution is -0.385. The van der Waals surface area contributed by atoms with E-state index in [4.69, 9.17) is 4.74 Å². The van der Waals surface area contributed by atoms with Crippen LogP contribution in [0.5, 0.6) is 5.75 Å². The maximum atomic E-state index is 11.9. The highest BCUT2D eigenvalue weighted by molar-refractivity contribution is 7.95. The van der Waals surface area contributed by atoms with Gasteiger partial charge in [-0.1, -0.05) is 54.6 Å². The maximum absolute atomic E-state index is 11.9. The van der Waals surface area contributed by atoms with Crippen LogP contribution in [-0.4, -0.2) is 12.0 Å². The fourth-order valence-electron chi connectivity index (χ4n) is 4.02. The number of hydrogen-bond donors (Lipinski definition) is 0. The van der Waals surface area contributed by atoms with Crippen LogP contribution in [0, 0.1) is 10.1 Å². The summed E-state index contributed by atoms with van der Waals surface area (Å²) in [5.74, 6) is 0.618. The van der Waals surface area contributed by atoms with E-state index in [0.717, 1.165) is 0 Å². The Balaban J connectivity index is 2.03. The Morgan fingerprint density at radius 3 is 1.58 bits per heavy atom. The Labute approximate surface area is 182 Å². The van der Waals surface area contributed by atoms with Gasteiger partial charge in [-0.15, -0.1) is 0 Å². The normalized spacial score (nSPS) is 11.1. The van der Waals surface area contributed by atoms with Gasteiger partial charge in [0.05, 0.1) is 17.6 Å². The standard InChI is InChI=1S/C26H23NO3P/c1-30-22-17-18-26(27(28)29)21(19-22)20-31(23-11-5-2-6-12-23,24-13-7-3-8-14-24)25-15-9-4-10-16-25/h2-19H,20H2,1H3/q+1. The smallest absolute Gasteiger partial charge is 0.276 e. The van der Waals surface area contributed by atoms with Gasteiger partial charge >= 0.3 is 0 Å². The van der Waals surface area contributed by atoms with Crippen molar-refractivity contribution in [3.63, 3.8) is 0 Å². The zero-order chi connectivity index (χ0) is 21.7. The summed E-state index contributed by atoms with van der Waals surface area (Å²) in [4.78, 5) is 11.6. The number of nitro groups is 1. The second-order valence-corrected chi connectivity index (χ2v) is 10.7.